The second kappa shape index (κ2) is 5.38. The van der Waals surface area contributed by atoms with Crippen LogP contribution in [0.5, 0.6) is 0 Å². The summed E-state index contributed by atoms with van der Waals surface area (Å²) >= 11 is 0. The van der Waals surface area contributed by atoms with E-state index in [0.717, 1.165) is 17.9 Å². The number of furan rings is 1. The SMILES string of the molecule is CCc1ccc(CN2C[C@H](O)C[C@@H]2c2nc(C)no2)o1. The van der Waals surface area contributed by atoms with E-state index in [2.05, 4.69) is 22.0 Å². The molecule has 0 spiro atoms. The average molecular weight is 277 g/mol. The molecule has 0 radical (unpaired) electrons. The molecule has 2 aromatic heterocycles. The number of aliphatic hydroxyl groups is 1. The van der Waals surface area contributed by atoms with Crippen LogP contribution in [0.3, 0.4) is 0 Å². The summed E-state index contributed by atoms with van der Waals surface area (Å²) in [7, 11) is 0. The predicted molar refractivity (Wildman–Crippen MR) is 70.9 cm³/mol. The maximum atomic E-state index is 9.91. The average Bonchev–Trinajstić information content (AvgIpc) is 3.11. The normalized spacial score (nSPS) is 23.6. The molecule has 2 atom stereocenters. The van der Waals surface area contributed by atoms with Gasteiger partial charge < -0.3 is 14.0 Å². The molecule has 1 aliphatic rings. The minimum absolute atomic E-state index is 0.0404. The monoisotopic (exact) mass is 277 g/mol. The molecule has 1 N–H and O–H groups in total. The molecular weight excluding hydrogens is 258 g/mol. The van der Waals surface area contributed by atoms with Crippen LogP contribution in [0.25, 0.3) is 0 Å². The van der Waals surface area contributed by atoms with Crippen LogP contribution in [-0.4, -0.2) is 32.8 Å². The molecule has 3 heterocycles. The van der Waals surface area contributed by atoms with Crippen molar-refractivity contribution in [3.8, 4) is 0 Å². The van der Waals surface area contributed by atoms with Crippen LogP contribution in [-0.2, 0) is 13.0 Å². The van der Waals surface area contributed by atoms with Gasteiger partial charge in [-0.05, 0) is 25.5 Å². The van der Waals surface area contributed by atoms with Crippen LogP contribution < -0.4 is 0 Å². The van der Waals surface area contributed by atoms with Crippen LogP contribution in [0.1, 0.15) is 42.6 Å². The summed E-state index contributed by atoms with van der Waals surface area (Å²) in [4.78, 5) is 6.40. The minimum atomic E-state index is -0.368. The molecule has 20 heavy (non-hydrogen) atoms. The number of nitrogens with zero attached hydrogens (tertiary/aromatic N) is 3. The van der Waals surface area contributed by atoms with Crippen molar-refractivity contribution in [3.63, 3.8) is 0 Å². The highest BCUT2D eigenvalue weighted by Gasteiger charge is 2.36. The summed E-state index contributed by atoms with van der Waals surface area (Å²) in [5, 5.41) is 13.7. The Balaban J connectivity index is 1.76. The van der Waals surface area contributed by atoms with E-state index < -0.39 is 0 Å². The molecule has 0 aromatic carbocycles. The Morgan fingerprint density at radius 2 is 2.20 bits per heavy atom. The van der Waals surface area contributed by atoms with E-state index in [9.17, 15) is 5.11 Å². The molecule has 0 saturated carbocycles. The summed E-state index contributed by atoms with van der Waals surface area (Å²) in [6.07, 6.45) is 1.13. The van der Waals surface area contributed by atoms with Crippen molar-refractivity contribution >= 4 is 0 Å². The van der Waals surface area contributed by atoms with Crippen molar-refractivity contribution in [3.05, 3.63) is 35.4 Å². The zero-order valence-electron chi connectivity index (χ0n) is 11.7. The number of rotatable bonds is 4. The van der Waals surface area contributed by atoms with Crippen LogP contribution in [0.2, 0.25) is 0 Å². The van der Waals surface area contributed by atoms with Gasteiger partial charge in [-0.2, -0.15) is 4.98 Å². The van der Waals surface area contributed by atoms with Crippen molar-refractivity contribution in [1.29, 1.82) is 0 Å². The van der Waals surface area contributed by atoms with E-state index >= 15 is 0 Å². The standard InChI is InChI=1S/C14H19N3O3/c1-3-11-4-5-12(19-11)8-17-7-10(18)6-13(17)14-15-9(2)16-20-14/h4-5,10,13,18H,3,6-8H2,1-2H3/t10-,13-/m1/s1. The molecule has 1 fully saturated rings. The van der Waals surface area contributed by atoms with Gasteiger partial charge in [-0.1, -0.05) is 12.1 Å². The van der Waals surface area contributed by atoms with Gasteiger partial charge >= 0.3 is 0 Å². The van der Waals surface area contributed by atoms with Crippen molar-refractivity contribution in [2.45, 2.75) is 45.4 Å². The predicted octanol–water partition coefficient (Wildman–Crippen LogP) is 1.84. The van der Waals surface area contributed by atoms with Crippen molar-refractivity contribution in [2.75, 3.05) is 6.54 Å². The second-order valence-corrected chi connectivity index (χ2v) is 5.24. The third-order valence-corrected chi connectivity index (χ3v) is 3.63. The third kappa shape index (κ3) is 2.62. The van der Waals surface area contributed by atoms with Gasteiger partial charge in [-0.15, -0.1) is 0 Å². The minimum Gasteiger partial charge on any atom is -0.465 e. The Bertz CT molecular complexity index is 578. The Kier molecular flexibility index (Phi) is 3.58. The first kappa shape index (κ1) is 13.3. The molecule has 3 rings (SSSR count). The summed E-state index contributed by atoms with van der Waals surface area (Å²) < 4.78 is 11.0. The Hall–Kier alpha value is -1.66. The lowest BCUT2D eigenvalue weighted by Gasteiger charge is -2.19. The van der Waals surface area contributed by atoms with Gasteiger partial charge in [0, 0.05) is 13.0 Å². The highest BCUT2D eigenvalue weighted by molar-refractivity contribution is 5.08. The molecule has 0 aliphatic carbocycles. The third-order valence-electron chi connectivity index (χ3n) is 3.63. The lowest BCUT2D eigenvalue weighted by atomic mass is 10.2. The van der Waals surface area contributed by atoms with Crippen LogP contribution in [0.4, 0.5) is 0 Å². The van der Waals surface area contributed by atoms with Crippen molar-refractivity contribution < 1.29 is 14.0 Å². The summed E-state index contributed by atoms with van der Waals surface area (Å²) in [6, 6.07) is 3.94. The molecule has 0 bridgehead atoms. The molecule has 6 heteroatoms. The number of aromatic nitrogens is 2. The zero-order valence-corrected chi connectivity index (χ0v) is 11.7. The maximum Gasteiger partial charge on any atom is 0.244 e. The molecular formula is C14H19N3O3. The van der Waals surface area contributed by atoms with Crippen molar-refractivity contribution in [2.24, 2.45) is 0 Å². The molecule has 1 aliphatic heterocycles. The van der Waals surface area contributed by atoms with Gasteiger partial charge in [0.2, 0.25) is 5.89 Å². The van der Waals surface area contributed by atoms with Crippen LogP contribution >= 0.6 is 0 Å². The molecule has 2 aromatic rings. The topological polar surface area (TPSA) is 75.5 Å². The number of β-amino-alcohol motifs (C(OH)–C–C–N with tert-alkyl or cyclic N) is 1. The Morgan fingerprint density at radius 3 is 2.85 bits per heavy atom. The largest absolute Gasteiger partial charge is 0.465 e. The highest BCUT2D eigenvalue weighted by atomic mass is 16.5. The number of hydrogen-bond acceptors (Lipinski definition) is 6. The fourth-order valence-electron chi connectivity index (χ4n) is 2.66. The van der Waals surface area contributed by atoms with Crippen molar-refractivity contribution in [1.82, 2.24) is 15.0 Å². The lowest BCUT2D eigenvalue weighted by Crippen LogP contribution is -2.24. The van der Waals surface area contributed by atoms with E-state index in [1.807, 2.05) is 12.1 Å². The van der Waals surface area contributed by atoms with E-state index in [0.29, 0.717) is 31.2 Å². The molecule has 6 nitrogen and oxygen atoms in total. The number of likely N-dealkylation sites (tertiary alicyclic amines) is 1. The van der Waals surface area contributed by atoms with Gasteiger partial charge in [0.05, 0.1) is 18.7 Å². The van der Waals surface area contributed by atoms with E-state index in [1.165, 1.54) is 0 Å². The number of aliphatic hydroxyl groups excluding tert-OH is 1. The fourth-order valence-corrected chi connectivity index (χ4v) is 2.66. The lowest BCUT2D eigenvalue weighted by molar-refractivity contribution is 0.162. The smallest absolute Gasteiger partial charge is 0.244 e. The van der Waals surface area contributed by atoms with Gasteiger partial charge in [0.15, 0.2) is 5.82 Å². The fraction of sp³-hybridized carbons (Fsp3) is 0.571. The quantitative estimate of drug-likeness (QED) is 0.919. The first-order valence-electron chi connectivity index (χ1n) is 6.95. The Labute approximate surface area is 117 Å². The summed E-state index contributed by atoms with van der Waals surface area (Å²) in [6.45, 7) is 5.09. The molecule has 0 unspecified atom stereocenters. The van der Waals surface area contributed by atoms with Gasteiger partial charge in [0.25, 0.3) is 0 Å². The Morgan fingerprint density at radius 1 is 1.40 bits per heavy atom. The summed E-state index contributed by atoms with van der Waals surface area (Å²) in [5.74, 6) is 3.07. The maximum absolute atomic E-state index is 9.91. The van der Waals surface area contributed by atoms with E-state index in [1.54, 1.807) is 6.92 Å². The van der Waals surface area contributed by atoms with E-state index in [-0.39, 0.29) is 12.1 Å². The molecule has 1 saturated heterocycles. The van der Waals surface area contributed by atoms with Crippen LogP contribution in [0.15, 0.2) is 21.1 Å². The first-order chi connectivity index (χ1) is 9.65. The van der Waals surface area contributed by atoms with E-state index in [4.69, 9.17) is 8.94 Å². The second-order valence-electron chi connectivity index (χ2n) is 5.24. The number of aryl methyl sites for hydroxylation is 2. The molecule has 108 valence electrons. The first-order valence-corrected chi connectivity index (χ1v) is 6.95. The zero-order chi connectivity index (χ0) is 14.1. The van der Waals surface area contributed by atoms with Gasteiger partial charge in [0.1, 0.15) is 11.5 Å². The molecule has 0 amide bonds. The van der Waals surface area contributed by atoms with Gasteiger partial charge in [-0.3, -0.25) is 4.90 Å². The number of hydrogen-bond donors (Lipinski definition) is 1. The summed E-state index contributed by atoms with van der Waals surface area (Å²) in [5.41, 5.74) is 0. The van der Waals surface area contributed by atoms with Gasteiger partial charge in [-0.25, -0.2) is 0 Å². The van der Waals surface area contributed by atoms with Crippen LogP contribution in [0, 0.1) is 6.92 Å². The highest BCUT2D eigenvalue weighted by Crippen LogP contribution is 2.32.